The third-order valence-corrected chi connectivity index (χ3v) is 4.95. The second kappa shape index (κ2) is 6.36. The van der Waals surface area contributed by atoms with Crippen LogP contribution in [0.4, 0.5) is 0 Å². The Kier molecular flexibility index (Phi) is 4.80. The molecule has 0 bridgehead atoms. The van der Waals surface area contributed by atoms with Gasteiger partial charge in [-0.1, -0.05) is 30.3 Å². The summed E-state index contributed by atoms with van der Waals surface area (Å²) in [5, 5.41) is 0.507. The molecule has 1 saturated heterocycles. The molecule has 1 aliphatic rings. The van der Waals surface area contributed by atoms with Crippen LogP contribution in [0.25, 0.3) is 0 Å². The summed E-state index contributed by atoms with van der Waals surface area (Å²) in [6.07, 6.45) is 0.905. The van der Waals surface area contributed by atoms with E-state index in [2.05, 4.69) is 12.6 Å². The molecule has 0 unspecified atom stereocenters. The highest BCUT2D eigenvalue weighted by atomic mass is 32.2. The van der Waals surface area contributed by atoms with Gasteiger partial charge in [0.2, 0.25) is 0 Å². The molecule has 0 aromatic heterocycles. The van der Waals surface area contributed by atoms with Crippen molar-refractivity contribution in [2.24, 2.45) is 5.92 Å². The first-order chi connectivity index (χ1) is 8.29. The second-order valence-corrected chi connectivity index (χ2v) is 5.86. The third-order valence-electron chi connectivity index (χ3n) is 2.84. The van der Waals surface area contributed by atoms with Gasteiger partial charge in [0.25, 0.3) is 0 Å². The fourth-order valence-electron chi connectivity index (χ4n) is 1.84. The van der Waals surface area contributed by atoms with E-state index in [-0.39, 0.29) is 11.9 Å². The lowest BCUT2D eigenvalue weighted by Gasteiger charge is -2.09. The van der Waals surface area contributed by atoms with Crippen LogP contribution in [0.1, 0.15) is 12.0 Å². The maximum atomic E-state index is 11.8. The quantitative estimate of drug-likeness (QED) is 0.672. The van der Waals surface area contributed by atoms with Crippen molar-refractivity contribution in [2.45, 2.75) is 18.3 Å². The molecule has 0 radical (unpaired) electrons. The molecular weight excluding hydrogens is 252 g/mol. The van der Waals surface area contributed by atoms with E-state index >= 15 is 0 Å². The second-order valence-electron chi connectivity index (χ2n) is 4.16. The molecule has 0 spiro atoms. The van der Waals surface area contributed by atoms with Crippen LogP contribution in [0, 0.1) is 5.92 Å². The number of thiol groups is 1. The molecule has 0 amide bonds. The molecule has 1 fully saturated rings. The van der Waals surface area contributed by atoms with Crippen molar-refractivity contribution < 1.29 is 9.53 Å². The number of esters is 1. The molecule has 2 atom stereocenters. The van der Waals surface area contributed by atoms with E-state index in [0.717, 1.165) is 23.5 Å². The number of benzene rings is 1. The fourth-order valence-corrected chi connectivity index (χ4v) is 3.56. The number of rotatable bonds is 4. The number of hydrogen-bond acceptors (Lipinski definition) is 4. The first-order valence-corrected chi connectivity index (χ1v) is 7.40. The van der Waals surface area contributed by atoms with Crippen LogP contribution in [0.15, 0.2) is 30.3 Å². The van der Waals surface area contributed by atoms with Crippen molar-refractivity contribution in [1.29, 1.82) is 0 Å². The Morgan fingerprint density at radius 3 is 2.82 bits per heavy atom. The number of carbonyl (C=O) groups excluding carboxylic acids is 1. The summed E-state index contributed by atoms with van der Waals surface area (Å²) in [5.41, 5.74) is 1.04. The van der Waals surface area contributed by atoms with Gasteiger partial charge in [-0.2, -0.15) is 24.4 Å². The van der Waals surface area contributed by atoms with Gasteiger partial charge in [-0.3, -0.25) is 4.79 Å². The minimum absolute atomic E-state index is 0.0564. The van der Waals surface area contributed by atoms with Crippen LogP contribution in [0.3, 0.4) is 0 Å². The zero-order valence-corrected chi connectivity index (χ0v) is 11.3. The average Bonchev–Trinajstić information content (AvgIpc) is 2.86. The highest BCUT2D eigenvalue weighted by Gasteiger charge is 2.30. The monoisotopic (exact) mass is 268 g/mol. The zero-order chi connectivity index (χ0) is 12.1. The van der Waals surface area contributed by atoms with Crippen molar-refractivity contribution >= 4 is 30.4 Å². The summed E-state index contributed by atoms with van der Waals surface area (Å²) in [6, 6.07) is 9.79. The van der Waals surface area contributed by atoms with E-state index in [1.54, 1.807) is 0 Å². The lowest BCUT2D eigenvalue weighted by molar-refractivity contribution is -0.149. The largest absolute Gasteiger partial charge is 0.461 e. The average molecular weight is 268 g/mol. The smallest absolute Gasteiger partial charge is 0.310 e. The van der Waals surface area contributed by atoms with Crippen LogP contribution < -0.4 is 0 Å². The summed E-state index contributed by atoms with van der Waals surface area (Å²) in [6.45, 7) is 0.381. The first kappa shape index (κ1) is 12.8. The van der Waals surface area contributed by atoms with Crippen LogP contribution in [0.5, 0.6) is 0 Å². The predicted molar refractivity (Wildman–Crippen MR) is 74.4 cm³/mol. The Hall–Kier alpha value is -0.610. The van der Waals surface area contributed by atoms with Gasteiger partial charge in [0.15, 0.2) is 0 Å². The minimum Gasteiger partial charge on any atom is -0.461 e. The van der Waals surface area contributed by atoms with E-state index in [9.17, 15) is 4.79 Å². The fraction of sp³-hybridized carbons (Fsp3) is 0.462. The molecule has 1 heterocycles. The molecule has 0 aliphatic carbocycles. The van der Waals surface area contributed by atoms with Crippen LogP contribution in [0.2, 0.25) is 0 Å². The molecule has 92 valence electrons. The molecule has 0 N–H and O–H groups in total. The minimum atomic E-state index is -0.0642. The van der Waals surface area contributed by atoms with Gasteiger partial charge < -0.3 is 4.74 Å². The Labute approximate surface area is 112 Å². The molecule has 2 nitrogen and oxygen atoms in total. The van der Waals surface area contributed by atoms with Gasteiger partial charge in [-0.15, -0.1) is 0 Å². The van der Waals surface area contributed by atoms with Gasteiger partial charge in [0, 0.05) is 16.8 Å². The third kappa shape index (κ3) is 3.68. The molecule has 2 rings (SSSR count). The van der Waals surface area contributed by atoms with Crippen LogP contribution in [-0.2, 0) is 16.1 Å². The topological polar surface area (TPSA) is 26.3 Å². The van der Waals surface area contributed by atoms with Crippen molar-refractivity contribution in [3.8, 4) is 0 Å². The van der Waals surface area contributed by atoms with Gasteiger partial charge >= 0.3 is 5.97 Å². The zero-order valence-electron chi connectivity index (χ0n) is 9.54. The summed E-state index contributed by atoms with van der Waals surface area (Å²) in [4.78, 5) is 11.8. The highest BCUT2D eigenvalue weighted by molar-refractivity contribution is 8.00. The summed E-state index contributed by atoms with van der Waals surface area (Å²) in [5.74, 6) is 1.71. The van der Waals surface area contributed by atoms with Crippen molar-refractivity contribution in [3.63, 3.8) is 0 Å². The SMILES string of the molecule is O=C(OCc1ccccc1)[C@@H]1CS[C@@H](CS)C1. The van der Waals surface area contributed by atoms with Gasteiger partial charge in [0.05, 0.1) is 5.92 Å². The van der Waals surface area contributed by atoms with Crippen LogP contribution in [-0.4, -0.2) is 22.7 Å². The number of thioether (sulfide) groups is 1. The number of hydrogen-bond donors (Lipinski definition) is 1. The van der Waals surface area contributed by atoms with E-state index in [0.29, 0.717) is 11.9 Å². The molecule has 0 saturated carbocycles. The van der Waals surface area contributed by atoms with Crippen molar-refractivity contribution in [1.82, 2.24) is 0 Å². The van der Waals surface area contributed by atoms with Gasteiger partial charge in [0.1, 0.15) is 6.61 Å². The molecular formula is C13H16O2S2. The highest BCUT2D eigenvalue weighted by Crippen LogP contribution is 2.32. The molecule has 1 aliphatic heterocycles. The van der Waals surface area contributed by atoms with Gasteiger partial charge in [-0.25, -0.2) is 0 Å². The molecule has 17 heavy (non-hydrogen) atoms. The van der Waals surface area contributed by atoms with E-state index < -0.39 is 0 Å². The van der Waals surface area contributed by atoms with Crippen molar-refractivity contribution in [3.05, 3.63) is 35.9 Å². The Balaban J connectivity index is 1.78. The maximum Gasteiger partial charge on any atom is 0.310 e. The first-order valence-electron chi connectivity index (χ1n) is 5.72. The lowest BCUT2D eigenvalue weighted by atomic mass is 10.1. The van der Waals surface area contributed by atoms with Crippen LogP contribution >= 0.6 is 24.4 Å². The van der Waals surface area contributed by atoms with E-state index in [1.807, 2.05) is 42.1 Å². The molecule has 4 heteroatoms. The number of ether oxygens (including phenoxy) is 1. The number of carbonyl (C=O) groups is 1. The summed E-state index contributed by atoms with van der Waals surface area (Å²) < 4.78 is 5.33. The summed E-state index contributed by atoms with van der Waals surface area (Å²) in [7, 11) is 0. The van der Waals surface area contributed by atoms with Gasteiger partial charge in [-0.05, 0) is 12.0 Å². The maximum absolute atomic E-state index is 11.8. The van der Waals surface area contributed by atoms with E-state index in [4.69, 9.17) is 4.74 Å². The summed E-state index contributed by atoms with van der Waals surface area (Å²) >= 11 is 6.08. The Morgan fingerprint density at radius 1 is 1.41 bits per heavy atom. The predicted octanol–water partition coefficient (Wildman–Crippen LogP) is 2.78. The Bertz CT molecular complexity index is 367. The lowest BCUT2D eigenvalue weighted by Crippen LogP contribution is -2.18. The standard InChI is InChI=1S/C13H16O2S2/c14-13(11-6-12(8-16)17-9-11)15-7-10-4-2-1-3-5-10/h1-5,11-12,16H,6-9H2/t11-,12+/m0/s1. The van der Waals surface area contributed by atoms with E-state index in [1.165, 1.54) is 0 Å². The normalized spacial score (nSPS) is 23.6. The Morgan fingerprint density at radius 2 is 2.18 bits per heavy atom. The molecule has 1 aromatic carbocycles. The molecule has 1 aromatic rings. The van der Waals surface area contributed by atoms with Crippen molar-refractivity contribution in [2.75, 3.05) is 11.5 Å².